The average Bonchev–Trinajstić information content (AvgIpc) is 2.69. The first-order valence-corrected chi connectivity index (χ1v) is 6.69. The molecule has 16 heavy (non-hydrogen) atoms. The predicted octanol–water partition coefficient (Wildman–Crippen LogP) is 0.0204. The Morgan fingerprint density at radius 3 is 2.75 bits per heavy atom. The van der Waals surface area contributed by atoms with Crippen molar-refractivity contribution in [2.75, 3.05) is 11.5 Å². The van der Waals surface area contributed by atoms with Crippen LogP contribution in [0.4, 0.5) is 0 Å². The summed E-state index contributed by atoms with van der Waals surface area (Å²) < 4.78 is 24.1. The molecule has 1 aliphatic rings. The molecule has 1 atom stereocenters. The maximum absolute atomic E-state index is 11.3. The zero-order valence-electron chi connectivity index (χ0n) is 8.75. The normalized spacial score (nSPS) is 23.4. The molecule has 6 nitrogen and oxygen atoms in total. The van der Waals surface area contributed by atoms with Crippen LogP contribution in [0.1, 0.15) is 28.5 Å². The van der Waals surface area contributed by atoms with Crippen LogP contribution in [-0.4, -0.2) is 40.8 Å². The highest BCUT2D eigenvalue weighted by atomic mass is 32.2. The Balaban J connectivity index is 2.32. The molecule has 0 radical (unpaired) electrons. The Morgan fingerprint density at radius 2 is 2.31 bits per heavy atom. The van der Waals surface area contributed by atoms with Gasteiger partial charge in [0.25, 0.3) is 0 Å². The molecule has 2 heterocycles. The fourth-order valence-corrected chi connectivity index (χ4v) is 3.76. The van der Waals surface area contributed by atoms with Gasteiger partial charge in [-0.25, -0.2) is 13.2 Å². The Labute approximate surface area is 92.8 Å². The molecule has 1 N–H and O–H groups in total. The second-order valence-corrected chi connectivity index (χ2v) is 6.21. The summed E-state index contributed by atoms with van der Waals surface area (Å²) in [6.45, 7) is 0. The van der Waals surface area contributed by atoms with Crippen LogP contribution < -0.4 is 0 Å². The number of rotatable bonds is 2. The number of nitrogens with zero attached hydrogens (tertiary/aromatic N) is 2. The van der Waals surface area contributed by atoms with Gasteiger partial charge in [0.2, 0.25) is 0 Å². The molecular formula is C9H12N2O4S. The lowest BCUT2D eigenvalue weighted by atomic mass is 10.1. The van der Waals surface area contributed by atoms with Gasteiger partial charge in [0.1, 0.15) is 0 Å². The molecule has 1 fully saturated rings. The van der Waals surface area contributed by atoms with E-state index in [1.807, 2.05) is 0 Å². The fourth-order valence-electron chi connectivity index (χ4n) is 2.00. The molecule has 88 valence electrons. The molecule has 0 aromatic carbocycles. The van der Waals surface area contributed by atoms with E-state index in [0.29, 0.717) is 12.1 Å². The van der Waals surface area contributed by atoms with Crippen LogP contribution in [0.25, 0.3) is 0 Å². The van der Waals surface area contributed by atoms with Crippen LogP contribution >= 0.6 is 0 Å². The maximum Gasteiger partial charge on any atom is 0.356 e. The molecule has 0 amide bonds. The third-order valence-electron chi connectivity index (χ3n) is 2.79. The van der Waals surface area contributed by atoms with Crippen molar-refractivity contribution in [3.63, 3.8) is 0 Å². The van der Waals surface area contributed by atoms with Gasteiger partial charge >= 0.3 is 5.97 Å². The monoisotopic (exact) mass is 244 g/mol. The Kier molecular flexibility index (Phi) is 2.49. The van der Waals surface area contributed by atoms with Crippen molar-refractivity contribution in [2.45, 2.75) is 12.3 Å². The first-order valence-electron chi connectivity index (χ1n) is 4.87. The van der Waals surface area contributed by atoms with Gasteiger partial charge in [-0.05, 0) is 12.5 Å². The van der Waals surface area contributed by atoms with Gasteiger partial charge in [-0.1, -0.05) is 0 Å². The third kappa shape index (κ3) is 1.95. The zero-order valence-corrected chi connectivity index (χ0v) is 9.57. The highest BCUT2D eigenvalue weighted by Crippen LogP contribution is 2.28. The van der Waals surface area contributed by atoms with Crippen LogP contribution in [0.2, 0.25) is 0 Å². The van der Waals surface area contributed by atoms with E-state index < -0.39 is 15.8 Å². The SMILES string of the molecule is Cn1nc(C(=O)O)cc1C1CCS(=O)(=O)C1. The lowest BCUT2D eigenvalue weighted by Gasteiger charge is -2.06. The summed E-state index contributed by atoms with van der Waals surface area (Å²) in [7, 11) is -1.33. The first-order chi connectivity index (χ1) is 7.39. The summed E-state index contributed by atoms with van der Waals surface area (Å²) >= 11 is 0. The van der Waals surface area contributed by atoms with E-state index in [-0.39, 0.29) is 23.1 Å². The van der Waals surface area contributed by atoms with Gasteiger partial charge in [0, 0.05) is 18.7 Å². The van der Waals surface area contributed by atoms with Crippen molar-refractivity contribution in [2.24, 2.45) is 7.05 Å². The van der Waals surface area contributed by atoms with E-state index >= 15 is 0 Å². The van der Waals surface area contributed by atoms with Crippen molar-refractivity contribution >= 4 is 15.8 Å². The topological polar surface area (TPSA) is 89.3 Å². The fraction of sp³-hybridized carbons (Fsp3) is 0.556. The summed E-state index contributed by atoms with van der Waals surface area (Å²) in [5.41, 5.74) is 0.639. The van der Waals surface area contributed by atoms with Gasteiger partial charge in [-0.2, -0.15) is 5.10 Å². The summed E-state index contributed by atoms with van der Waals surface area (Å²) in [4.78, 5) is 10.7. The summed E-state index contributed by atoms with van der Waals surface area (Å²) in [5.74, 6) is -0.963. The Morgan fingerprint density at radius 1 is 1.62 bits per heavy atom. The Hall–Kier alpha value is -1.37. The van der Waals surface area contributed by atoms with Gasteiger partial charge in [-0.3, -0.25) is 4.68 Å². The maximum atomic E-state index is 11.3. The van der Waals surface area contributed by atoms with Crippen molar-refractivity contribution in [3.05, 3.63) is 17.5 Å². The minimum Gasteiger partial charge on any atom is -0.476 e. The molecule has 0 aliphatic carbocycles. The second-order valence-electron chi connectivity index (χ2n) is 3.98. The largest absolute Gasteiger partial charge is 0.476 e. The van der Waals surface area contributed by atoms with E-state index in [1.165, 1.54) is 10.7 Å². The molecule has 0 bridgehead atoms. The number of carbonyl (C=O) groups is 1. The second kappa shape index (κ2) is 3.58. The van der Waals surface area contributed by atoms with Gasteiger partial charge in [0.05, 0.1) is 11.5 Å². The predicted molar refractivity (Wildman–Crippen MR) is 56.2 cm³/mol. The number of aryl methyl sites for hydroxylation is 1. The lowest BCUT2D eigenvalue weighted by molar-refractivity contribution is 0.0689. The minimum absolute atomic E-state index is 0.0400. The number of aromatic nitrogens is 2. The standard InChI is InChI=1S/C9H12N2O4S/c1-11-8(4-7(10-11)9(12)13)6-2-3-16(14,15)5-6/h4,6H,2-3,5H2,1H3,(H,12,13). The number of carboxylic acid groups (broad SMARTS) is 1. The van der Waals surface area contributed by atoms with Crippen molar-refractivity contribution in [1.82, 2.24) is 9.78 Å². The number of sulfone groups is 1. The van der Waals surface area contributed by atoms with Crippen LogP contribution in [0.5, 0.6) is 0 Å². The molecule has 0 saturated carbocycles. The Bertz CT molecular complexity index is 532. The number of aromatic carboxylic acids is 1. The van der Waals surface area contributed by atoms with Gasteiger partial charge in [-0.15, -0.1) is 0 Å². The lowest BCUT2D eigenvalue weighted by Crippen LogP contribution is -2.08. The van der Waals surface area contributed by atoms with Crippen molar-refractivity contribution in [1.29, 1.82) is 0 Å². The van der Waals surface area contributed by atoms with Crippen LogP contribution in [-0.2, 0) is 16.9 Å². The number of hydrogen-bond acceptors (Lipinski definition) is 4. The number of carboxylic acids is 1. The van der Waals surface area contributed by atoms with Gasteiger partial charge < -0.3 is 5.11 Å². The molecule has 1 aromatic heterocycles. The van der Waals surface area contributed by atoms with Crippen molar-refractivity contribution in [3.8, 4) is 0 Å². The molecule has 1 unspecified atom stereocenters. The molecule has 1 aromatic rings. The molecule has 1 saturated heterocycles. The van der Waals surface area contributed by atoms with E-state index in [1.54, 1.807) is 7.05 Å². The highest BCUT2D eigenvalue weighted by molar-refractivity contribution is 7.91. The van der Waals surface area contributed by atoms with Crippen LogP contribution in [0.3, 0.4) is 0 Å². The van der Waals surface area contributed by atoms with Crippen LogP contribution in [0.15, 0.2) is 6.07 Å². The minimum atomic E-state index is -2.96. The van der Waals surface area contributed by atoms with Crippen molar-refractivity contribution < 1.29 is 18.3 Å². The average molecular weight is 244 g/mol. The third-order valence-corrected chi connectivity index (χ3v) is 4.55. The summed E-state index contributed by atoms with van der Waals surface area (Å²) in [5, 5.41) is 12.6. The molecule has 1 aliphatic heterocycles. The zero-order chi connectivity index (χ0) is 11.9. The summed E-state index contributed by atoms with van der Waals surface area (Å²) in [6, 6.07) is 1.45. The number of hydrogen-bond donors (Lipinski definition) is 1. The molecular weight excluding hydrogens is 232 g/mol. The molecule has 7 heteroatoms. The van der Waals surface area contributed by atoms with E-state index in [0.717, 1.165) is 0 Å². The van der Waals surface area contributed by atoms with Crippen LogP contribution in [0, 0.1) is 0 Å². The van der Waals surface area contributed by atoms with E-state index in [9.17, 15) is 13.2 Å². The van der Waals surface area contributed by atoms with E-state index in [4.69, 9.17) is 5.11 Å². The smallest absolute Gasteiger partial charge is 0.356 e. The first kappa shape index (κ1) is 11.1. The van der Waals surface area contributed by atoms with E-state index in [2.05, 4.69) is 5.10 Å². The molecule has 0 spiro atoms. The highest BCUT2D eigenvalue weighted by Gasteiger charge is 2.31. The summed E-state index contributed by atoms with van der Waals surface area (Å²) in [6.07, 6.45) is 0.543. The quantitative estimate of drug-likeness (QED) is 0.792. The molecule has 2 rings (SSSR count). The van der Waals surface area contributed by atoms with Gasteiger partial charge in [0.15, 0.2) is 15.5 Å².